The molecule has 0 atom stereocenters. The number of halogens is 1. The van der Waals surface area contributed by atoms with Crippen LogP contribution in [0.25, 0.3) is 0 Å². The molecular weight excluding hydrogens is 400 g/mol. The summed E-state index contributed by atoms with van der Waals surface area (Å²) in [4.78, 5) is 14.5. The predicted octanol–water partition coefficient (Wildman–Crippen LogP) is 3.30. The molecule has 1 N–H and O–H groups in total. The molecule has 0 radical (unpaired) electrons. The van der Waals surface area contributed by atoms with Crippen molar-refractivity contribution in [3.05, 3.63) is 52.5 Å². The summed E-state index contributed by atoms with van der Waals surface area (Å²) in [5.41, 5.74) is 2.62. The van der Waals surface area contributed by atoms with Gasteiger partial charge in [0, 0.05) is 23.7 Å². The van der Waals surface area contributed by atoms with Crippen LogP contribution in [0.2, 0.25) is 5.02 Å². The number of sulfonamides is 1. The standard InChI is InChI=1S/C20H23ClN2O4S/c1-14-12-16(21)5-8-19(14)27-11-3-4-20(24)23-10-9-15-13-17(6-7-18(15)23)28(25,26)22-2/h5-8,12-13,22H,3-4,9-11H2,1-2H3. The van der Waals surface area contributed by atoms with Crippen LogP contribution < -0.4 is 14.4 Å². The quantitative estimate of drug-likeness (QED) is 0.694. The molecule has 1 heterocycles. The monoisotopic (exact) mass is 422 g/mol. The van der Waals surface area contributed by atoms with Gasteiger partial charge in [0.15, 0.2) is 0 Å². The van der Waals surface area contributed by atoms with Crippen molar-refractivity contribution in [2.24, 2.45) is 0 Å². The highest BCUT2D eigenvalue weighted by molar-refractivity contribution is 7.89. The highest BCUT2D eigenvalue weighted by Gasteiger charge is 2.26. The van der Waals surface area contributed by atoms with Crippen LogP contribution in [0.3, 0.4) is 0 Å². The number of carbonyl (C=O) groups excluding carboxylic acids is 1. The first-order chi connectivity index (χ1) is 13.3. The second kappa shape index (κ2) is 8.51. The lowest BCUT2D eigenvalue weighted by Crippen LogP contribution is -2.29. The summed E-state index contributed by atoms with van der Waals surface area (Å²) < 4.78 is 31.9. The number of hydrogen-bond donors (Lipinski definition) is 1. The molecule has 2 aromatic rings. The third kappa shape index (κ3) is 4.48. The van der Waals surface area contributed by atoms with Crippen molar-refractivity contribution in [1.82, 2.24) is 4.72 Å². The maximum Gasteiger partial charge on any atom is 0.240 e. The molecule has 0 spiro atoms. The highest BCUT2D eigenvalue weighted by Crippen LogP contribution is 2.31. The lowest BCUT2D eigenvalue weighted by Gasteiger charge is -2.18. The molecule has 2 aromatic carbocycles. The average molecular weight is 423 g/mol. The maximum absolute atomic E-state index is 12.6. The summed E-state index contributed by atoms with van der Waals surface area (Å²) in [5.74, 6) is 0.779. The van der Waals surface area contributed by atoms with Crippen molar-refractivity contribution >= 4 is 33.2 Å². The Labute approximate surface area is 170 Å². The molecular formula is C20H23ClN2O4S. The van der Waals surface area contributed by atoms with Crippen molar-refractivity contribution in [3.8, 4) is 5.75 Å². The minimum absolute atomic E-state index is 0.0133. The fourth-order valence-corrected chi connectivity index (χ4v) is 4.24. The fraction of sp³-hybridized carbons (Fsp3) is 0.350. The molecule has 3 rings (SSSR count). The summed E-state index contributed by atoms with van der Waals surface area (Å²) in [6.45, 7) is 2.93. The Balaban J connectivity index is 1.57. The Kier molecular flexibility index (Phi) is 6.27. The van der Waals surface area contributed by atoms with E-state index in [1.807, 2.05) is 19.1 Å². The van der Waals surface area contributed by atoms with E-state index in [1.165, 1.54) is 13.1 Å². The molecule has 28 heavy (non-hydrogen) atoms. The normalized spacial score (nSPS) is 13.5. The fourth-order valence-electron chi connectivity index (χ4n) is 3.24. The second-order valence-electron chi connectivity index (χ2n) is 6.66. The Bertz CT molecular complexity index is 992. The number of amides is 1. The number of nitrogens with zero attached hydrogens (tertiary/aromatic N) is 1. The van der Waals surface area contributed by atoms with Gasteiger partial charge in [-0.15, -0.1) is 0 Å². The minimum Gasteiger partial charge on any atom is -0.493 e. The van der Waals surface area contributed by atoms with Crippen LogP contribution >= 0.6 is 11.6 Å². The number of carbonyl (C=O) groups is 1. The lowest BCUT2D eigenvalue weighted by atomic mass is 10.2. The third-order valence-electron chi connectivity index (χ3n) is 4.76. The number of hydrogen-bond acceptors (Lipinski definition) is 4. The van der Waals surface area contributed by atoms with E-state index < -0.39 is 10.0 Å². The van der Waals surface area contributed by atoms with Crippen LogP contribution in [0.15, 0.2) is 41.3 Å². The summed E-state index contributed by atoms with van der Waals surface area (Å²) >= 11 is 5.93. The first-order valence-electron chi connectivity index (χ1n) is 9.07. The minimum atomic E-state index is -3.49. The smallest absolute Gasteiger partial charge is 0.240 e. The molecule has 0 saturated heterocycles. The zero-order valence-electron chi connectivity index (χ0n) is 15.9. The molecule has 8 heteroatoms. The molecule has 1 aliphatic rings. The number of fused-ring (bicyclic) bond motifs is 1. The van der Waals surface area contributed by atoms with Gasteiger partial charge in [0.2, 0.25) is 15.9 Å². The van der Waals surface area contributed by atoms with Crippen molar-refractivity contribution in [2.75, 3.05) is 25.1 Å². The summed E-state index contributed by atoms with van der Waals surface area (Å²) in [5, 5.41) is 0.665. The van der Waals surface area contributed by atoms with E-state index in [2.05, 4.69) is 4.72 Å². The molecule has 0 aliphatic carbocycles. The van der Waals surface area contributed by atoms with E-state index in [-0.39, 0.29) is 10.8 Å². The van der Waals surface area contributed by atoms with Crippen molar-refractivity contribution in [2.45, 2.75) is 31.1 Å². The predicted molar refractivity (Wildman–Crippen MR) is 110 cm³/mol. The van der Waals surface area contributed by atoms with Crippen LogP contribution in [0, 0.1) is 6.92 Å². The van der Waals surface area contributed by atoms with Gasteiger partial charge in [0.05, 0.1) is 11.5 Å². The van der Waals surface area contributed by atoms with Gasteiger partial charge in [0.1, 0.15) is 5.75 Å². The average Bonchev–Trinajstić information content (AvgIpc) is 3.09. The molecule has 0 bridgehead atoms. The number of nitrogens with one attached hydrogen (secondary N) is 1. The van der Waals surface area contributed by atoms with Gasteiger partial charge < -0.3 is 9.64 Å². The van der Waals surface area contributed by atoms with Crippen LogP contribution in [0.1, 0.15) is 24.0 Å². The Morgan fingerprint density at radius 2 is 2.04 bits per heavy atom. The number of rotatable bonds is 7. The molecule has 150 valence electrons. The van der Waals surface area contributed by atoms with Crippen molar-refractivity contribution in [3.63, 3.8) is 0 Å². The highest BCUT2D eigenvalue weighted by atomic mass is 35.5. The van der Waals surface area contributed by atoms with Crippen molar-refractivity contribution < 1.29 is 17.9 Å². The third-order valence-corrected chi connectivity index (χ3v) is 6.40. The summed E-state index contributed by atoms with van der Waals surface area (Å²) in [6, 6.07) is 10.3. The van der Waals surface area contributed by atoms with Gasteiger partial charge in [-0.3, -0.25) is 4.79 Å². The van der Waals surface area contributed by atoms with Gasteiger partial charge in [-0.1, -0.05) is 11.6 Å². The SMILES string of the molecule is CNS(=O)(=O)c1ccc2c(c1)CCN2C(=O)CCCOc1ccc(Cl)cc1C. The van der Waals surface area contributed by atoms with Gasteiger partial charge >= 0.3 is 0 Å². The van der Waals surface area contributed by atoms with Gasteiger partial charge in [-0.05, 0) is 74.3 Å². The molecule has 0 fully saturated rings. The van der Waals surface area contributed by atoms with Crippen LogP contribution in [0.4, 0.5) is 5.69 Å². The molecule has 0 aromatic heterocycles. The largest absolute Gasteiger partial charge is 0.493 e. The molecule has 0 saturated carbocycles. The van der Waals surface area contributed by atoms with Crippen molar-refractivity contribution in [1.29, 1.82) is 0 Å². The zero-order chi connectivity index (χ0) is 20.3. The Hall–Kier alpha value is -2.09. The maximum atomic E-state index is 12.6. The summed E-state index contributed by atoms with van der Waals surface area (Å²) in [7, 11) is -2.11. The van der Waals surface area contributed by atoms with Gasteiger partial charge in [-0.2, -0.15) is 0 Å². The first-order valence-corrected chi connectivity index (χ1v) is 10.9. The van der Waals surface area contributed by atoms with E-state index in [0.29, 0.717) is 37.4 Å². The molecule has 0 unspecified atom stereocenters. The molecule has 6 nitrogen and oxygen atoms in total. The second-order valence-corrected chi connectivity index (χ2v) is 8.98. The van der Waals surface area contributed by atoms with E-state index >= 15 is 0 Å². The zero-order valence-corrected chi connectivity index (χ0v) is 17.4. The number of anilines is 1. The number of aryl methyl sites for hydroxylation is 1. The number of benzene rings is 2. The summed E-state index contributed by atoms with van der Waals surface area (Å²) in [6.07, 6.45) is 1.61. The van der Waals surface area contributed by atoms with E-state index in [0.717, 1.165) is 22.6 Å². The molecule has 1 aliphatic heterocycles. The molecule has 1 amide bonds. The first kappa shape index (κ1) is 20.6. The van der Waals surface area contributed by atoms with Gasteiger partial charge in [-0.25, -0.2) is 13.1 Å². The Morgan fingerprint density at radius 1 is 1.25 bits per heavy atom. The van der Waals surface area contributed by atoms with Crippen LogP contribution in [0.5, 0.6) is 5.75 Å². The Morgan fingerprint density at radius 3 is 2.75 bits per heavy atom. The lowest BCUT2D eigenvalue weighted by molar-refractivity contribution is -0.118. The van der Waals surface area contributed by atoms with E-state index in [1.54, 1.807) is 23.1 Å². The van der Waals surface area contributed by atoms with E-state index in [4.69, 9.17) is 16.3 Å². The topological polar surface area (TPSA) is 75.7 Å². The number of ether oxygens (including phenoxy) is 1. The van der Waals surface area contributed by atoms with E-state index in [9.17, 15) is 13.2 Å². The van der Waals surface area contributed by atoms with Gasteiger partial charge in [0.25, 0.3) is 0 Å². The van der Waals surface area contributed by atoms with Crippen LogP contribution in [-0.2, 0) is 21.2 Å². The van der Waals surface area contributed by atoms with Crippen LogP contribution in [-0.4, -0.2) is 34.5 Å².